The maximum Gasteiger partial charge on any atom is 0.335 e. The Morgan fingerprint density at radius 2 is 1.00 bits per heavy atom. The Hall–Kier alpha value is -1.84. The van der Waals surface area contributed by atoms with Gasteiger partial charge in [-0.05, 0) is 24.3 Å². The van der Waals surface area contributed by atoms with Gasteiger partial charge in [0.05, 0.1) is 11.1 Å². The molecular weight excluding hydrogens is 268 g/mol. The molecule has 4 heteroatoms. The minimum atomic E-state index is -1.06. The van der Waals surface area contributed by atoms with E-state index in [4.69, 9.17) is 10.2 Å². The Balaban J connectivity index is 0.000000400. The number of hydrogen-bond acceptors (Lipinski definition) is 2. The van der Waals surface area contributed by atoms with Gasteiger partial charge in [0.25, 0.3) is 0 Å². The van der Waals surface area contributed by atoms with Gasteiger partial charge in [0, 0.05) is 0 Å². The average Bonchev–Trinajstić information content (AvgIpc) is 2.48. The zero-order valence-electron chi connectivity index (χ0n) is 13.0. The third kappa shape index (κ3) is 9.66. The van der Waals surface area contributed by atoms with Crippen LogP contribution in [-0.4, -0.2) is 22.2 Å². The highest BCUT2D eigenvalue weighted by Gasteiger charge is 2.04. The van der Waals surface area contributed by atoms with Crippen molar-refractivity contribution in [3.05, 3.63) is 35.4 Å². The van der Waals surface area contributed by atoms with Gasteiger partial charge in [-0.2, -0.15) is 0 Å². The minimum absolute atomic E-state index is 0.0833. The largest absolute Gasteiger partial charge is 0.478 e. The molecule has 0 aliphatic heterocycles. The molecule has 0 atom stereocenters. The van der Waals surface area contributed by atoms with E-state index < -0.39 is 11.9 Å². The van der Waals surface area contributed by atoms with Crippen LogP contribution >= 0.6 is 0 Å². The molecule has 0 heterocycles. The number of benzene rings is 1. The molecule has 0 saturated heterocycles. The second kappa shape index (κ2) is 11.9. The smallest absolute Gasteiger partial charge is 0.335 e. The lowest BCUT2D eigenvalue weighted by molar-refractivity contribution is 0.0681. The standard InChI is InChI=1S/C9H20.C8H6O4/c1-3-5-7-9-8-6-4-2;9-7(10)5-1-2-6(4-3-5)8(11)12/h3-9H2,1-2H3;1-4H,(H,9,10)(H,11,12). The summed E-state index contributed by atoms with van der Waals surface area (Å²) in [6.07, 6.45) is 9.97. The zero-order valence-corrected chi connectivity index (χ0v) is 13.0. The third-order valence-corrected chi connectivity index (χ3v) is 3.09. The van der Waals surface area contributed by atoms with Gasteiger partial charge in [0.1, 0.15) is 0 Å². The molecule has 0 bridgehead atoms. The molecule has 0 spiro atoms. The Bertz CT molecular complexity index is 370. The first-order chi connectivity index (χ1) is 10.0. The third-order valence-electron chi connectivity index (χ3n) is 3.09. The summed E-state index contributed by atoms with van der Waals surface area (Å²) in [5, 5.41) is 16.9. The van der Waals surface area contributed by atoms with Gasteiger partial charge in [-0.1, -0.05) is 58.8 Å². The van der Waals surface area contributed by atoms with Crippen molar-refractivity contribution in [2.24, 2.45) is 0 Å². The van der Waals surface area contributed by atoms with Crippen molar-refractivity contribution in [3.8, 4) is 0 Å². The van der Waals surface area contributed by atoms with Gasteiger partial charge in [0.15, 0.2) is 0 Å². The first-order valence-corrected chi connectivity index (χ1v) is 7.59. The van der Waals surface area contributed by atoms with Gasteiger partial charge in [-0.3, -0.25) is 0 Å². The fourth-order valence-corrected chi connectivity index (χ4v) is 1.79. The molecule has 1 aromatic rings. The number of aromatic carboxylic acids is 2. The van der Waals surface area contributed by atoms with Crippen LogP contribution in [-0.2, 0) is 0 Å². The average molecular weight is 294 g/mol. The molecule has 0 radical (unpaired) electrons. The lowest BCUT2D eigenvalue weighted by Crippen LogP contribution is -1.99. The summed E-state index contributed by atoms with van der Waals surface area (Å²) in [5.41, 5.74) is 0.167. The molecule has 0 aromatic heterocycles. The summed E-state index contributed by atoms with van der Waals surface area (Å²) < 4.78 is 0. The molecule has 118 valence electrons. The molecule has 21 heavy (non-hydrogen) atoms. The number of rotatable bonds is 8. The topological polar surface area (TPSA) is 74.6 Å². The molecule has 1 aromatic carbocycles. The van der Waals surface area contributed by atoms with Crippen molar-refractivity contribution >= 4 is 11.9 Å². The number of unbranched alkanes of at least 4 members (excludes halogenated alkanes) is 6. The summed E-state index contributed by atoms with van der Waals surface area (Å²) in [6, 6.07) is 5.02. The Morgan fingerprint density at radius 3 is 1.24 bits per heavy atom. The van der Waals surface area contributed by atoms with Gasteiger partial charge in [-0.25, -0.2) is 9.59 Å². The van der Waals surface area contributed by atoms with Crippen LogP contribution in [0.3, 0.4) is 0 Å². The van der Waals surface area contributed by atoms with Gasteiger partial charge < -0.3 is 10.2 Å². The molecule has 1 rings (SSSR count). The van der Waals surface area contributed by atoms with Crippen molar-refractivity contribution in [2.75, 3.05) is 0 Å². The Kier molecular flexibility index (Phi) is 10.9. The Labute approximate surface area is 126 Å². The minimum Gasteiger partial charge on any atom is -0.478 e. The zero-order chi connectivity index (χ0) is 16.1. The maximum absolute atomic E-state index is 10.3. The van der Waals surface area contributed by atoms with Crippen LogP contribution in [0.2, 0.25) is 0 Å². The van der Waals surface area contributed by atoms with E-state index in [2.05, 4.69) is 13.8 Å². The molecule has 0 unspecified atom stereocenters. The molecule has 0 aliphatic rings. The van der Waals surface area contributed by atoms with E-state index in [-0.39, 0.29) is 11.1 Å². The van der Waals surface area contributed by atoms with Crippen LogP contribution in [0.1, 0.15) is 79.5 Å². The predicted octanol–water partition coefficient (Wildman–Crippen LogP) is 4.84. The molecule has 0 saturated carbocycles. The van der Waals surface area contributed by atoms with E-state index >= 15 is 0 Å². The second-order valence-electron chi connectivity index (χ2n) is 4.96. The van der Waals surface area contributed by atoms with Gasteiger partial charge >= 0.3 is 11.9 Å². The lowest BCUT2D eigenvalue weighted by atomic mass is 10.1. The predicted molar refractivity (Wildman–Crippen MR) is 84.0 cm³/mol. The quantitative estimate of drug-likeness (QED) is 0.673. The Morgan fingerprint density at radius 1 is 0.714 bits per heavy atom. The van der Waals surface area contributed by atoms with Gasteiger partial charge in [-0.15, -0.1) is 0 Å². The van der Waals surface area contributed by atoms with E-state index in [0.717, 1.165) is 0 Å². The highest BCUT2D eigenvalue weighted by atomic mass is 16.4. The van der Waals surface area contributed by atoms with Crippen LogP contribution in [0.5, 0.6) is 0 Å². The molecule has 2 N–H and O–H groups in total. The number of hydrogen-bond donors (Lipinski definition) is 2. The van der Waals surface area contributed by atoms with Gasteiger partial charge in [0.2, 0.25) is 0 Å². The monoisotopic (exact) mass is 294 g/mol. The van der Waals surface area contributed by atoms with Crippen LogP contribution in [0.15, 0.2) is 24.3 Å². The highest BCUT2D eigenvalue weighted by Crippen LogP contribution is 2.05. The number of carbonyl (C=O) groups is 2. The van der Waals surface area contributed by atoms with Crippen molar-refractivity contribution in [1.82, 2.24) is 0 Å². The molecule has 0 fully saturated rings. The van der Waals surface area contributed by atoms with E-state index in [9.17, 15) is 9.59 Å². The van der Waals surface area contributed by atoms with E-state index in [1.54, 1.807) is 0 Å². The van der Waals surface area contributed by atoms with E-state index in [1.165, 1.54) is 69.2 Å². The van der Waals surface area contributed by atoms with Crippen molar-refractivity contribution < 1.29 is 19.8 Å². The first kappa shape index (κ1) is 19.2. The first-order valence-electron chi connectivity index (χ1n) is 7.59. The highest BCUT2D eigenvalue weighted by molar-refractivity contribution is 5.91. The molecular formula is C17H26O4. The van der Waals surface area contributed by atoms with Crippen LogP contribution in [0, 0.1) is 0 Å². The van der Waals surface area contributed by atoms with Crippen LogP contribution in [0.4, 0.5) is 0 Å². The summed E-state index contributed by atoms with van der Waals surface area (Å²) in [5.74, 6) is -2.13. The van der Waals surface area contributed by atoms with E-state index in [0.29, 0.717) is 0 Å². The van der Waals surface area contributed by atoms with Crippen LogP contribution in [0.25, 0.3) is 0 Å². The van der Waals surface area contributed by atoms with E-state index in [1.807, 2.05) is 0 Å². The fraction of sp³-hybridized carbons (Fsp3) is 0.529. The molecule has 0 aliphatic carbocycles. The maximum atomic E-state index is 10.3. The summed E-state index contributed by atoms with van der Waals surface area (Å²) in [4.78, 5) is 20.7. The van der Waals surface area contributed by atoms with Crippen molar-refractivity contribution in [3.63, 3.8) is 0 Å². The normalized spacial score (nSPS) is 9.62. The number of carboxylic acid groups (broad SMARTS) is 2. The number of carboxylic acids is 2. The summed E-state index contributed by atoms with van der Waals surface area (Å²) >= 11 is 0. The fourth-order valence-electron chi connectivity index (χ4n) is 1.79. The summed E-state index contributed by atoms with van der Waals surface area (Å²) in [7, 11) is 0. The second-order valence-corrected chi connectivity index (χ2v) is 4.96. The lowest BCUT2D eigenvalue weighted by Gasteiger charge is -1.96. The van der Waals surface area contributed by atoms with Crippen molar-refractivity contribution in [1.29, 1.82) is 0 Å². The van der Waals surface area contributed by atoms with Crippen LogP contribution < -0.4 is 0 Å². The molecule has 4 nitrogen and oxygen atoms in total. The summed E-state index contributed by atoms with van der Waals surface area (Å²) in [6.45, 7) is 4.53. The SMILES string of the molecule is CCCCCCCCC.O=C(O)c1ccc(C(=O)O)cc1. The molecule has 0 amide bonds. The van der Waals surface area contributed by atoms with Crippen molar-refractivity contribution in [2.45, 2.75) is 58.8 Å².